The number of imidazole rings is 1. The van der Waals surface area contributed by atoms with Crippen LogP contribution in [-0.4, -0.2) is 24.5 Å². The molecular weight excluding hydrogens is 258 g/mol. The molecule has 0 radical (unpaired) electrons. The highest BCUT2D eigenvalue weighted by molar-refractivity contribution is 8.29. The number of nitrogens with zero attached hydrogens (tertiary/aromatic N) is 3. The third-order valence-corrected chi connectivity index (χ3v) is 6.33. The molecule has 1 aromatic heterocycles. The summed E-state index contributed by atoms with van der Waals surface area (Å²) in [5.74, 6) is 1.52. The van der Waals surface area contributed by atoms with Crippen LogP contribution in [0.5, 0.6) is 0 Å². The van der Waals surface area contributed by atoms with Crippen molar-refractivity contribution in [3.63, 3.8) is 0 Å². The Morgan fingerprint density at radius 2 is 2.26 bits per heavy atom. The lowest BCUT2D eigenvalue weighted by atomic mass is 9.87. The molecule has 3 rings (SSSR count). The number of aromatic nitrogens is 2. The summed E-state index contributed by atoms with van der Waals surface area (Å²) in [5.41, 5.74) is -0.328. The molecule has 1 aliphatic heterocycles. The van der Waals surface area contributed by atoms with Gasteiger partial charge in [0.2, 0.25) is 0 Å². The minimum Gasteiger partial charge on any atom is -0.382 e. The van der Waals surface area contributed by atoms with Crippen LogP contribution in [0.4, 0.5) is 5.82 Å². The lowest BCUT2D eigenvalue weighted by Crippen LogP contribution is -2.20. The third-order valence-electron chi connectivity index (χ3n) is 4.03. The van der Waals surface area contributed by atoms with Gasteiger partial charge in [-0.3, -0.25) is 3.97 Å². The van der Waals surface area contributed by atoms with E-state index in [9.17, 15) is 5.11 Å². The summed E-state index contributed by atoms with van der Waals surface area (Å²) in [5, 5.41) is 11.5. The van der Waals surface area contributed by atoms with Gasteiger partial charge in [-0.15, -0.1) is 0 Å². The number of thiol groups is 1. The third kappa shape index (κ3) is 2.49. The fraction of sp³-hybridized carbons (Fsp3) is 0.571. The number of hydrogen-bond donors (Lipinski definition) is 2. The SMILES string of the molecule is C=CC1=Nc2cncn2[SH]1C(O)CC1CCCCC1. The van der Waals surface area contributed by atoms with E-state index in [1.807, 2.05) is 3.97 Å². The molecule has 2 aliphatic rings. The summed E-state index contributed by atoms with van der Waals surface area (Å²) in [6.07, 6.45) is 12.7. The number of fused-ring (bicyclic) bond motifs is 1. The zero-order chi connectivity index (χ0) is 13.2. The number of aliphatic hydroxyl groups is 1. The highest BCUT2D eigenvalue weighted by atomic mass is 32.2. The van der Waals surface area contributed by atoms with Crippen LogP contribution < -0.4 is 0 Å². The fourth-order valence-electron chi connectivity index (χ4n) is 3.06. The van der Waals surface area contributed by atoms with E-state index in [1.165, 1.54) is 32.1 Å². The fourth-order valence-corrected chi connectivity index (χ4v) is 5.25. The zero-order valence-electron chi connectivity index (χ0n) is 11.1. The number of aliphatic hydroxyl groups excluding tert-OH is 1. The van der Waals surface area contributed by atoms with Crippen molar-refractivity contribution in [1.29, 1.82) is 0 Å². The Bertz CT molecular complexity index is 491. The highest BCUT2D eigenvalue weighted by Gasteiger charge is 2.29. The van der Waals surface area contributed by atoms with Gasteiger partial charge >= 0.3 is 0 Å². The summed E-state index contributed by atoms with van der Waals surface area (Å²) in [6.45, 7) is 3.83. The maximum atomic E-state index is 10.6. The second kappa shape index (κ2) is 5.51. The Kier molecular flexibility index (Phi) is 3.75. The van der Waals surface area contributed by atoms with E-state index >= 15 is 0 Å². The van der Waals surface area contributed by atoms with Crippen LogP contribution in [0.15, 0.2) is 30.2 Å². The van der Waals surface area contributed by atoms with Crippen LogP contribution >= 0.6 is 11.1 Å². The molecule has 2 atom stereocenters. The van der Waals surface area contributed by atoms with Gasteiger partial charge in [-0.25, -0.2) is 9.98 Å². The first-order valence-electron chi connectivity index (χ1n) is 7.00. The molecule has 2 heterocycles. The Morgan fingerprint density at radius 3 is 3.00 bits per heavy atom. The average Bonchev–Trinajstić information content (AvgIpc) is 2.99. The first kappa shape index (κ1) is 12.9. The quantitative estimate of drug-likeness (QED) is 0.832. The maximum absolute atomic E-state index is 10.6. The number of rotatable bonds is 4. The molecule has 0 aromatic carbocycles. The summed E-state index contributed by atoms with van der Waals surface area (Å²) in [4.78, 5) is 8.61. The Hall–Kier alpha value is -1.07. The number of aliphatic imine (C=N–C) groups is 1. The summed E-state index contributed by atoms with van der Waals surface area (Å²) in [6, 6.07) is 0. The maximum Gasteiger partial charge on any atom is 0.162 e. The largest absolute Gasteiger partial charge is 0.382 e. The molecule has 0 amide bonds. The van der Waals surface area contributed by atoms with Crippen molar-refractivity contribution >= 4 is 21.9 Å². The van der Waals surface area contributed by atoms with Gasteiger partial charge in [-0.1, -0.05) is 49.8 Å². The van der Waals surface area contributed by atoms with Crippen molar-refractivity contribution in [2.24, 2.45) is 10.9 Å². The predicted octanol–water partition coefficient (Wildman–Crippen LogP) is 3.17. The van der Waals surface area contributed by atoms with Gasteiger partial charge in [0.05, 0.1) is 11.2 Å². The summed E-state index contributed by atoms with van der Waals surface area (Å²) < 4.78 is 2.03. The standard InChI is InChI=1S/C14H21N3OS/c1-2-13-16-12-9-15-10-17(12)19(13)14(18)8-11-6-4-3-5-7-11/h2,9-11,14,18-19H,1,3-8H2. The van der Waals surface area contributed by atoms with E-state index in [2.05, 4.69) is 16.6 Å². The van der Waals surface area contributed by atoms with Crippen molar-refractivity contribution < 1.29 is 5.11 Å². The molecule has 1 aliphatic carbocycles. The van der Waals surface area contributed by atoms with E-state index in [0.717, 1.165) is 17.3 Å². The van der Waals surface area contributed by atoms with Crippen molar-refractivity contribution in [3.05, 3.63) is 25.2 Å². The molecule has 1 N–H and O–H groups in total. The van der Waals surface area contributed by atoms with Gasteiger partial charge in [0.1, 0.15) is 11.8 Å². The summed E-state index contributed by atoms with van der Waals surface area (Å²) >= 11 is -0.832. The van der Waals surface area contributed by atoms with Crippen molar-refractivity contribution in [2.45, 2.75) is 44.0 Å². The normalized spacial score (nSPS) is 26.8. The Labute approximate surface area is 116 Å². The molecule has 0 saturated heterocycles. The van der Waals surface area contributed by atoms with Gasteiger partial charge in [-0.05, 0) is 18.4 Å². The molecule has 1 fully saturated rings. The van der Waals surface area contributed by atoms with Gasteiger partial charge in [-0.2, -0.15) is 0 Å². The second-order valence-electron chi connectivity index (χ2n) is 5.34. The van der Waals surface area contributed by atoms with Crippen LogP contribution in [0, 0.1) is 5.92 Å². The number of hydrogen-bond acceptors (Lipinski definition) is 3. The molecular formula is C14H21N3OS. The minimum atomic E-state index is -0.832. The Balaban J connectivity index is 1.73. The molecule has 1 aromatic rings. The highest BCUT2D eigenvalue weighted by Crippen LogP contribution is 2.46. The van der Waals surface area contributed by atoms with E-state index in [4.69, 9.17) is 0 Å². The van der Waals surface area contributed by atoms with Gasteiger partial charge < -0.3 is 5.11 Å². The van der Waals surface area contributed by atoms with Crippen LogP contribution in [0.3, 0.4) is 0 Å². The van der Waals surface area contributed by atoms with Crippen molar-refractivity contribution in [3.8, 4) is 0 Å². The summed E-state index contributed by atoms with van der Waals surface area (Å²) in [7, 11) is 0. The average molecular weight is 279 g/mol. The molecule has 19 heavy (non-hydrogen) atoms. The van der Waals surface area contributed by atoms with Crippen LogP contribution in [0.1, 0.15) is 38.5 Å². The van der Waals surface area contributed by atoms with Crippen molar-refractivity contribution in [2.75, 3.05) is 0 Å². The lowest BCUT2D eigenvalue weighted by molar-refractivity contribution is 0.201. The van der Waals surface area contributed by atoms with E-state index < -0.39 is 11.1 Å². The van der Waals surface area contributed by atoms with Crippen molar-refractivity contribution in [1.82, 2.24) is 8.96 Å². The monoisotopic (exact) mass is 279 g/mol. The van der Waals surface area contributed by atoms with E-state index in [1.54, 1.807) is 18.6 Å². The Morgan fingerprint density at radius 1 is 1.47 bits per heavy atom. The lowest BCUT2D eigenvalue weighted by Gasteiger charge is -2.29. The molecule has 104 valence electrons. The predicted molar refractivity (Wildman–Crippen MR) is 81.1 cm³/mol. The van der Waals surface area contributed by atoms with Gasteiger partial charge in [0, 0.05) is 0 Å². The van der Waals surface area contributed by atoms with Crippen LogP contribution in [-0.2, 0) is 0 Å². The topological polar surface area (TPSA) is 50.4 Å². The first-order chi connectivity index (χ1) is 9.29. The molecule has 2 unspecified atom stereocenters. The molecule has 1 saturated carbocycles. The van der Waals surface area contributed by atoms with Crippen LogP contribution in [0.2, 0.25) is 0 Å². The van der Waals surface area contributed by atoms with E-state index in [0.29, 0.717) is 5.92 Å². The van der Waals surface area contributed by atoms with E-state index in [-0.39, 0.29) is 5.44 Å². The zero-order valence-corrected chi connectivity index (χ0v) is 12.0. The van der Waals surface area contributed by atoms with Gasteiger partial charge in [0.25, 0.3) is 0 Å². The minimum absolute atomic E-state index is 0.328. The smallest absolute Gasteiger partial charge is 0.162 e. The molecule has 0 spiro atoms. The molecule has 4 nitrogen and oxygen atoms in total. The second-order valence-corrected chi connectivity index (χ2v) is 7.51. The van der Waals surface area contributed by atoms with Crippen LogP contribution in [0.25, 0.3) is 0 Å². The molecule has 5 heteroatoms. The molecule has 0 bridgehead atoms. The van der Waals surface area contributed by atoms with Gasteiger partial charge in [0.15, 0.2) is 5.82 Å². The first-order valence-corrected chi connectivity index (χ1v) is 8.37.